The van der Waals surface area contributed by atoms with Crippen LogP contribution in [0.5, 0.6) is 0 Å². The average molecular weight is 168 g/mol. The van der Waals surface area contributed by atoms with Crippen LogP contribution in [0.25, 0.3) is 0 Å². The van der Waals surface area contributed by atoms with Crippen molar-refractivity contribution in [1.82, 2.24) is 0 Å². The van der Waals surface area contributed by atoms with E-state index in [1.54, 1.807) is 12.1 Å². The zero-order valence-corrected chi connectivity index (χ0v) is 7.13. The lowest BCUT2D eigenvalue weighted by molar-refractivity contribution is 0.299. The lowest BCUT2D eigenvalue weighted by Crippen LogP contribution is -1.92. The van der Waals surface area contributed by atoms with Gasteiger partial charge in [-0.2, -0.15) is 0 Å². The lowest BCUT2D eigenvalue weighted by Gasteiger charge is -2.04. The molecule has 1 atom stereocenters. The van der Waals surface area contributed by atoms with Crippen molar-refractivity contribution < 1.29 is 9.50 Å². The molecule has 0 saturated heterocycles. The van der Waals surface area contributed by atoms with Crippen LogP contribution in [0, 0.1) is 0 Å². The highest BCUT2D eigenvalue weighted by atomic mass is 19.1. The fourth-order valence-electron chi connectivity index (χ4n) is 1.13. The number of alkyl halides is 1. The van der Waals surface area contributed by atoms with Crippen LogP contribution in [0.1, 0.15) is 24.2 Å². The Hall–Kier alpha value is -0.890. The van der Waals surface area contributed by atoms with Gasteiger partial charge in [0.05, 0.1) is 0 Å². The van der Waals surface area contributed by atoms with E-state index in [1.165, 1.54) is 6.92 Å². The Morgan fingerprint density at radius 2 is 2.25 bits per heavy atom. The second-order valence-electron chi connectivity index (χ2n) is 2.83. The number of aliphatic hydroxyl groups excluding tert-OH is 1. The molecule has 0 heterocycles. The van der Waals surface area contributed by atoms with Crippen LogP contribution in [0.15, 0.2) is 24.3 Å². The summed E-state index contributed by atoms with van der Waals surface area (Å²) in [6, 6.07) is 7.25. The summed E-state index contributed by atoms with van der Waals surface area (Å²) in [7, 11) is 0. The molecule has 1 unspecified atom stereocenters. The molecule has 2 heteroatoms. The van der Waals surface area contributed by atoms with Crippen LogP contribution < -0.4 is 0 Å². The molecule has 66 valence electrons. The van der Waals surface area contributed by atoms with E-state index in [0.717, 1.165) is 5.56 Å². The lowest BCUT2D eigenvalue weighted by atomic mass is 10.1. The van der Waals surface area contributed by atoms with Gasteiger partial charge in [0.15, 0.2) is 0 Å². The van der Waals surface area contributed by atoms with Gasteiger partial charge in [0.2, 0.25) is 0 Å². The first kappa shape index (κ1) is 9.20. The predicted molar refractivity (Wildman–Crippen MR) is 46.8 cm³/mol. The zero-order chi connectivity index (χ0) is 8.97. The Balaban J connectivity index is 2.81. The standard InChI is InChI=1S/C10H13FO/c1-8(11)10-4-2-3-9(7-10)5-6-12/h2-4,7-8,12H,5-6H2,1H3. The summed E-state index contributed by atoms with van der Waals surface area (Å²) < 4.78 is 12.8. The molecule has 0 aromatic heterocycles. The Bertz CT molecular complexity index is 245. The maximum Gasteiger partial charge on any atom is 0.122 e. The number of rotatable bonds is 3. The first-order valence-electron chi connectivity index (χ1n) is 4.08. The fourth-order valence-corrected chi connectivity index (χ4v) is 1.13. The summed E-state index contributed by atoms with van der Waals surface area (Å²) in [6.07, 6.45) is -0.329. The summed E-state index contributed by atoms with van der Waals surface area (Å²) >= 11 is 0. The molecule has 0 fully saturated rings. The van der Waals surface area contributed by atoms with Gasteiger partial charge in [0, 0.05) is 6.61 Å². The number of hydrogen-bond acceptors (Lipinski definition) is 1. The molecule has 1 aromatic rings. The van der Waals surface area contributed by atoms with Gasteiger partial charge in [-0.15, -0.1) is 0 Å². The third-order valence-corrected chi connectivity index (χ3v) is 1.81. The molecular weight excluding hydrogens is 155 g/mol. The highest BCUT2D eigenvalue weighted by Gasteiger charge is 2.02. The van der Waals surface area contributed by atoms with Gasteiger partial charge in [-0.1, -0.05) is 24.3 Å². The normalized spacial score (nSPS) is 12.9. The quantitative estimate of drug-likeness (QED) is 0.734. The highest BCUT2D eigenvalue weighted by Crippen LogP contribution is 2.17. The Morgan fingerprint density at radius 3 is 2.83 bits per heavy atom. The number of halogens is 1. The van der Waals surface area contributed by atoms with Crippen LogP contribution in [0.2, 0.25) is 0 Å². The molecule has 1 rings (SSSR count). The Kier molecular flexibility index (Phi) is 3.23. The Labute approximate surface area is 71.9 Å². The summed E-state index contributed by atoms with van der Waals surface area (Å²) in [4.78, 5) is 0. The van der Waals surface area contributed by atoms with Crippen molar-refractivity contribution in [1.29, 1.82) is 0 Å². The Morgan fingerprint density at radius 1 is 1.50 bits per heavy atom. The van der Waals surface area contributed by atoms with E-state index in [9.17, 15) is 4.39 Å². The first-order valence-corrected chi connectivity index (χ1v) is 4.08. The first-order chi connectivity index (χ1) is 5.74. The summed E-state index contributed by atoms with van der Waals surface area (Å²) in [5.74, 6) is 0. The molecule has 0 amide bonds. The molecule has 0 saturated carbocycles. The van der Waals surface area contributed by atoms with Gasteiger partial charge in [0.1, 0.15) is 6.17 Å². The maximum absolute atomic E-state index is 12.8. The molecule has 0 spiro atoms. The van der Waals surface area contributed by atoms with Gasteiger partial charge < -0.3 is 5.11 Å². The van der Waals surface area contributed by atoms with Crippen molar-refractivity contribution in [2.75, 3.05) is 6.61 Å². The summed E-state index contributed by atoms with van der Waals surface area (Å²) in [5.41, 5.74) is 1.67. The van der Waals surface area contributed by atoms with Crippen LogP contribution in [-0.2, 0) is 6.42 Å². The minimum absolute atomic E-state index is 0.115. The van der Waals surface area contributed by atoms with Crippen molar-refractivity contribution >= 4 is 0 Å². The predicted octanol–water partition coefficient (Wildman–Crippen LogP) is 2.25. The third-order valence-electron chi connectivity index (χ3n) is 1.81. The van der Waals surface area contributed by atoms with E-state index in [-0.39, 0.29) is 6.61 Å². The molecule has 0 bridgehead atoms. The molecule has 0 aliphatic rings. The SMILES string of the molecule is CC(F)c1cccc(CCO)c1. The minimum Gasteiger partial charge on any atom is -0.396 e. The van der Waals surface area contributed by atoms with E-state index < -0.39 is 6.17 Å². The van der Waals surface area contributed by atoms with Gasteiger partial charge >= 0.3 is 0 Å². The molecule has 12 heavy (non-hydrogen) atoms. The molecule has 0 aliphatic heterocycles. The smallest absolute Gasteiger partial charge is 0.122 e. The number of aliphatic hydroxyl groups is 1. The molecule has 0 aliphatic carbocycles. The molecule has 1 nitrogen and oxygen atoms in total. The number of benzene rings is 1. The topological polar surface area (TPSA) is 20.2 Å². The van der Waals surface area contributed by atoms with Gasteiger partial charge in [-0.3, -0.25) is 0 Å². The van der Waals surface area contributed by atoms with Crippen molar-refractivity contribution in [2.24, 2.45) is 0 Å². The van der Waals surface area contributed by atoms with E-state index in [1.807, 2.05) is 12.1 Å². The molecule has 0 radical (unpaired) electrons. The van der Waals surface area contributed by atoms with E-state index in [0.29, 0.717) is 12.0 Å². The van der Waals surface area contributed by atoms with Gasteiger partial charge in [-0.05, 0) is 24.5 Å². The van der Waals surface area contributed by atoms with E-state index in [2.05, 4.69) is 0 Å². The summed E-state index contributed by atoms with van der Waals surface area (Å²) in [5, 5.41) is 8.66. The van der Waals surface area contributed by atoms with E-state index >= 15 is 0 Å². The monoisotopic (exact) mass is 168 g/mol. The van der Waals surface area contributed by atoms with Crippen LogP contribution in [0.3, 0.4) is 0 Å². The van der Waals surface area contributed by atoms with Crippen LogP contribution >= 0.6 is 0 Å². The molecule has 1 aromatic carbocycles. The van der Waals surface area contributed by atoms with Crippen LogP contribution in [-0.4, -0.2) is 11.7 Å². The maximum atomic E-state index is 12.8. The second kappa shape index (κ2) is 4.21. The fraction of sp³-hybridized carbons (Fsp3) is 0.400. The van der Waals surface area contributed by atoms with Gasteiger partial charge in [0.25, 0.3) is 0 Å². The second-order valence-corrected chi connectivity index (χ2v) is 2.83. The van der Waals surface area contributed by atoms with Crippen LogP contribution in [0.4, 0.5) is 4.39 Å². The molecule has 1 N–H and O–H groups in total. The summed E-state index contributed by atoms with van der Waals surface area (Å²) in [6.45, 7) is 1.63. The zero-order valence-electron chi connectivity index (χ0n) is 7.13. The number of hydrogen-bond donors (Lipinski definition) is 1. The van der Waals surface area contributed by atoms with Crippen molar-refractivity contribution in [3.05, 3.63) is 35.4 Å². The largest absolute Gasteiger partial charge is 0.396 e. The van der Waals surface area contributed by atoms with Crippen molar-refractivity contribution in [3.8, 4) is 0 Å². The minimum atomic E-state index is -0.927. The third kappa shape index (κ3) is 2.31. The van der Waals surface area contributed by atoms with E-state index in [4.69, 9.17) is 5.11 Å². The van der Waals surface area contributed by atoms with Crippen molar-refractivity contribution in [3.63, 3.8) is 0 Å². The van der Waals surface area contributed by atoms with Gasteiger partial charge in [-0.25, -0.2) is 4.39 Å². The highest BCUT2D eigenvalue weighted by molar-refractivity contribution is 5.24. The molecular formula is C10H13FO. The average Bonchev–Trinajstić information content (AvgIpc) is 2.05. The van der Waals surface area contributed by atoms with Crippen molar-refractivity contribution in [2.45, 2.75) is 19.5 Å².